The van der Waals surface area contributed by atoms with E-state index in [9.17, 15) is 9.59 Å². The number of esters is 2. The zero-order valence-electron chi connectivity index (χ0n) is 7.95. The molecule has 0 aromatic heterocycles. The molecule has 0 fully saturated rings. The molecule has 5 heteroatoms. The third-order valence-electron chi connectivity index (χ3n) is 1.32. The zero-order chi connectivity index (χ0) is 11.0. The van der Waals surface area contributed by atoms with Crippen LogP contribution in [-0.4, -0.2) is 31.5 Å². The quantitative estimate of drug-likeness (QED) is 0.331. The average molecular weight is 263 g/mol. The maximum absolute atomic E-state index is 11.0. The maximum atomic E-state index is 11.0. The molecule has 0 rings (SSSR count). The summed E-state index contributed by atoms with van der Waals surface area (Å²) in [5.74, 6) is -0.906. The normalized spacial score (nSPS) is 11.5. The van der Waals surface area contributed by atoms with E-state index in [1.807, 2.05) is 0 Å². The maximum Gasteiger partial charge on any atom is 0.334 e. The van der Waals surface area contributed by atoms with Crippen molar-refractivity contribution in [2.24, 2.45) is 0 Å². The molecule has 0 radical (unpaired) electrons. The lowest BCUT2D eigenvalue weighted by molar-refractivity contribution is -0.136. The fraction of sp³-hybridized carbons (Fsp3) is 0.333. The van der Waals surface area contributed by atoms with E-state index in [4.69, 9.17) is 0 Å². The predicted molar refractivity (Wildman–Crippen MR) is 55.0 cm³/mol. The second-order valence-corrected chi connectivity index (χ2v) is 2.76. The molecule has 0 N–H and O–H groups in total. The smallest absolute Gasteiger partial charge is 0.334 e. The molecule has 4 nitrogen and oxygen atoms in total. The summed E-state index contributed by atoms with van der Waals surface area (Å²) >= 11 is 3.12. The van der Waals surface area contributed by atoms with Crippen molar-refractivity contribution in [2.45, 2.75) is 0 Å². The largest absolute Gasteiger partial charge is 0.466 e. The number of alkyl halides is 1. The van der Waals surface area contributed by atoms with Crippen LogP contribution in [0.15, 0.2) is 23.8 Å². The van der Waals surface area contributed by atoms with Gasteiger partial charge in [-0.1, -0.05) is 28.1 Å². The monoisotopic (exact) mass is 262 g/mol. The van der Waals surface area contributed by atoms with E-state index in [1.165, 1.54) is 32.4 Å². The fourth-order valence-electron chi connectivity index (χ4n) is 0.609. The van der Waals surface area contributed by atoms with Crippen LogP contribution in [0, 0.1) is 0 Å². The molecule has 0 aromatic rings. The van der Waals surface area contributed by atoms with Gasteiger partial charge in [0, 0.05) is 17.0 Å². The molecule has 0 unspecified atom stereocenters. The summed E-state index contributed by atoms with van der Waals surface area (Å²) in [5, 5.41) is 0.366. The van der Waals surface area contributed by atoms with Crippen molar-refractivity contribution in [2.75, 3.05) is 19.5 Å². The minimum Gasteiger partial charge on any atom is -0.466 e. The van der Waals surface area contributed by atoms with Crippen LogP contribution in [-0.2, 0) is 19.1 Å². The highest BCUT2D eigenvalue weighted by atomic mass is 79.9. The van der Waals surface area contributed by atoms with E-state index in [0.29, 0.717) is 10.9 Å². The van der Waals surface area contributed by atoms with Crippen LogP contribution in [0.3, 0.4) is 0 Å². The van der Waals surface area contributed by atoms with E-state index in [2.05, 4.69) is 25.4 Å². The van der Waals surface area contributed by atoms with Crippen molar-refractivity contribution < 1.29 is 19.1 Å². The molecule has 0 saturated carbocycles. The van der Waals surface area contributed by atoms with Gasteiger partial charge in [0.25, 0.3) is 0 Å². The van der Waals surface area contributed by atoms with Gasteiger partial charge in [-0.2, -0.15) is 0 Å². The molecule has 0 atom stereocenters. The Morgan fingerprint density at radius 1 is 1.29 bits per heavy atom. The first-order valence-electron chi connectivity index (χ1n) is 3.75. The molecule has 0 aliphatic carbocycles. The third-order valence-corrected chi connectivity index (χ3v) is 1.93. The van der Waals surface area contributed by atoms with Crippen molar-refractivity contribution in [3.05, 3.63) is 23.8 Å². The first kappa shape index (κ1) is 12.9. The fourth-order valence-corrected chi connectivity index (χ4v) is 1.02. The lowest BCUT2D eigenvalue weighted by Gasteiger charge is -1.98. The molecule has 0 aromatic carbocycles. The van der Waals surface area contributed by atoms with Crippen molar-refractivity contribution in [3.63, 3.8) is 0 Å². The van der Waals surface area contributed by atoms with Gasteiger partial charge in [0.05, 0.1) is 14.2 Å². The van der Waals surface area contributed by atoms with Gasteiger partial charge in [0.2, 0.25) is 0 Å². The SMILES string of the molecule is COC(=O)C=CC=C(CBr)C(=O)OC. The Morgan fingerprint density at radius 2 is 1.93 bits per heavy atom. The van der Waals surface area contributed by atoms with E-state index in [0.717, 1.165) is 0 Å². The van der Waals surface area contributed by atoms with Crippen LogP contribution in [0.4, 0.5) is 0 Å². The number of halogens is 1. The lowest BCUT2D eigenvalue weighted by atomic mass is 10.3. The van der Waals surface area contributed by atoms with Gasteiger partial charge in [-0.25, -0.2) is 9.59 Å². The summed E-state index contributed by atoms with van der Waals surface area (Å²) in [4.78, 5) is 21.7. The van der Waals surface area contributed by atoms with E-state index < -0.39 is 11.9 Å². The second kappa shape index (κ2) is 7.32. The van der Waals surface area contributed by atoms with Gasteiger partial charge in [-0.15, -0.1) is 0 Å². The number of hydrogen-bond acceptors (Lipinski definition) is 4. The van der Waals surface area contributed by atoms with E-state index in [1.54, 1.807) is 0 Å². The van der Waals surface area contributed by atoms with E-state index >= 15 is 0 Å². The van der Waals surface area contributed by atoms with Gasteiger partial charge >= 0.3 is 11.9 Å². The molecular formula is C9H11BrO4. The minimum atomic E-state index is -0.472. The van der Waals surface area contributed by atoms with Crippen LogP contribution >= 0.6 is 15.9 Å². The van der Waals surface area contributed by atoms with Crippen molar-refractivity contribution in [1.82, 2.24) is 0 Å². The Morgan fingerprint density at radius 3 is 2.36 bits per heavy atom. The first-order valence-corrected chi connectivity index (χ1v) is 4.87. The molecule has 0 aliphatic rings. The predicted octanol–water partition coefficient (Wildman–Crippen LogP) is 1.21. The van der Waals surface area contributed by atoms with E-state index in [-0.39, 0.29) is 0 Å². The summed E-state index contributed by atoms with van der Waals surface area (Å²) in [6.07, 6.45) is 4.13. The highest BCUT2D eigenvalue weighted by Crippen LogP contribution is 2.02. The molecule has 0 spiro atoms. The molecule has 14 heavy (non-hydrogen) atoms. The van der Waals surface area contributed by atoms with Crippen LogP contribution in [0.2, 0.25) is 0 Å². The number of carbonyl (C=O) groups is 2. The zero-order valence-corrected chi connectivity index (χ0v) is 9.54. The Labute approximate surface area is 90.7 Å². The van der Waals surface area contributed by atoms with Crippen LogP contribution in [0.25, 0.3) is 0 Å². The summed E-state index contributed by atoms with van der Waals surface area (Å²) in [6, 6.07) is 0. The Balaban J connectivity index is 4.39. The molecule has 78 valence electrons. The highest BCUT2D eigenvalue weighted by Gasteiger charge is 2.05. The third kappa shape index (κ3) is 4.81. The summed E-state index contributed by atoms with van der Waals surface area (Å²) in [7, 11) is 2.57. The average Bonchev–Trinajstić information content (AvgIpc) is 2.22. The topological polar surface area (TPSA) is 52.6 Å². The highest BCUT2D eigenvalue weighted by molar-refractivity contribution is 9.09. The Kier molecular flexibility index (Phi) is 6.74. The summed E-state index contributed by atoms with van der Waals surface area (Å²) in [6.45, 7) is 0. The number of hydrogen-bond donors (Lipinski definition) is 0. The van der Waals surface area contributed by atoms with Gasteiger partial charge in [-0.3, -0.25) is 0 Å². The molecule has 0 amide bonds. The van der Waals surface area contributed by atoms with Gasteiger partial charge in [0.15, 0.2) is 0 Å². The number of rotatable bonds is 4. The Bertz CT molecular complexity index is 268. The number of methoxy groups -OCH3 is 2. The van der Waals surface area contributed by atoms with Crippen molar-refractivity contribution >= 4 is 27.9 Å². The lowest BCUT2D eigenvalue weighted by Crippen LogP contribution is -2.05. The van der Waals surface area contributed by atoms with Crippen molar-refractivity contribution in [3.8, 4) is 0 Å². The van der Waals surface area contributed by atoms with Crippen molar-refractivity contribution in [1.29, 1.82) is 0 Å². The van der Waals surface area contributed by atoms with Gasteiger partial charge in [0.1, 0.15) is 0 Å². The molecule has 0 heterocycles. The molecular weight excluding hydrogens is 252 g/mol. The minimum absolute atomic E-state index is 0.366. The molecule has 0 aliphatic heterocycles. The summed E-state index contributed by atoms with van der Waals surface area (Å²) in [5.41, 5.74) is 0.424. The Hall–Kier alpha value is -1.10. The van der Waals surface area contributed by atoms with Crippen LogP contribution in [0.1, 0.15) is 0 Å². The van der Waals surface area contributed by atoms with Gasteiger partial charge in [-0.05, 0) is 0 Å². The second-order valence-electron chi connectivity index (χ2n) is 2.20. The summed E-state index contributed by atoms with van der Waals surface area (Å²) < 4.78 is 8.87. The number of allylic oxidation sites excluding steroid dienone is 2. The number of ether oxygens (including phenoxy) is 2. The molecule has 0 saturated heterocycles. The van der Waals surface area contributed by atoms with Crippen LogP contribution < -0.4 is 0 Å². The van der Waals surface area contributed by atoms with Crippen LogP contribution in [0.5, 0.6) is 0 Å². The number of carbonyl (C=O) groups excluding carboxylic acids is 2. The van der Waals surface area contributed by atoms with Gasteiger partial charge < -0.3 is 9.47 Å². The first-order chi connectivity index (χ1) is 6.65. The molecule has 0 bridgehead atoms. The standard InChI is InChI=1S/C9H11BrO4/c1-13-8(11)5-3-4-7(6-10)9(12)14-2/h3-5H,6H2,1-2H3.